The van der Waals surface area contributed by atoms with Crippen LogP contribution in [0, 0.1) is 10.1 Å². The van der Waals surface area contributed by atoms with Gasteiger partial charge in [-0.3, -0.25) is 19.7 Å². The Labute approximate surface area is 139 Å². The summed E-state index contributed by atoms with van der Waals surface area (Å²) in [4.78, 5) is 36.0. The minimum Gasteiger partial charge on any atom is -0.334 e. The van der Waals surface area contributed by atoms with Crippen LogP contribution in [0.15, 0.2) is 18.2 Å². The highest BCUT2D eigenvalue weighted by Crippen LogP contribution is 2.26. The first-order valence-corrected chi connectivity index (χ1v) is 7.82. The Hall–Kier alpha value is -2.15. The number of nitrogens with zero attached hydrogens (tertiary/aromatic N) is 2. The maximum atomic E-state index is 12.2. The minimum atomic E-state index is -0.850. The van der Waals surface area contributed by atoms with E-state index in [0.29, 0.717) is 13.1 Å². The molecule has 0 spiro atoms. The Balaban J connectivity index is 2.86. The van der Waals surface area contributed by atoms with E-state index >= 15 is 0 Å². The maximum absolute atomic E-state index is 12.2. The van der Waals surface area contributed by atoms with Crippen molar-refractivity contribution < 1.29 is 14.5 Å². The summed E-state index contributed by atoms with van der Waals surface area (Å²) in [5.41, 5.74) is -0.167. The van der Waals surface area contributed by atoms with Crippen LogP contribution in [0.25, 0.3) is 0 Å². The normalized spacial score (nSPS) is 10.2. The molecular formula is C15H20ClN3O4. The van der Waals surface area contributed by atoms with Crippen molar-refractivity contribution in [3.05, 3.63) is 33.3 Å². The van der Waals surface area contributed by atoms with Gasteiger partial charge in [-0.15, -0.1) is 0 Å². The van der Waals surface area contributed by atoms with Gasteiger partial charge in [0.1, 0.15) is 0 Å². The molecule has 1 aromatic carbocycles. The van der Waals surface area contributed by atoms with Crippen molar-refractivity contribution in [3.8, 4) is 0 Å². The van der Waals surface area contributed by atoms with E-state index in [2.05, 4.69) is 5.32 Å². The zero-order valence-electron chi connectivity index (χ0n) is 13.2. The smallest absolute Gasteiger partial charge is 0.313 e. The predicted octanol–water partition coefficient (Wildman–Crippen LogP) is 3.23. The fraction of sp³-hybridized carbons (Fsp3) is 0.467. The van der Waals surface area contributed by atoms with Crippen molar-refractivity contribution >= 4 is 34.8 Å². The largest absolute Gasteiger partial charge is 0.334 e. The lowest BCUT2D eigenvalue weighted by atomic mass is 10.2. The fourth-order valence-corrected chi connectivity index (χ4v) is 2.14. The van der Waals surface area contributed by atoms with Gasteiger partial charge in [-0.25, -0.2) is 0 Å². The van der Waals surface area contributed by atoms with E-state index in [9.17, 15) is 19.7 Å². The van der Waals surface area contributed by atoms with Crippen molar-refractivity contribution in [1.82, 2.24) is 4.90 Å². The van der Waals surface area contributed by atoms with Gasteiger partial charge in [-0.05, 0) is 18.9 Å². The number of nitrogens with one attached hydrogen (secondary N) is 1. The molecule has 0 unspecified atom stereocenters. The summed E-state index contributed by atoms with van der Waals surface area (Å²) in [6.07, 6.45) is 2.45. The van der Waals surface area contributed by atoms with Gasteiger partial charge in [0.05, 0.1) is 15.6 Å². The molecule has 1 aromatic rings. The maximum Gasteiger partial charge on any atom is 0.313 e. The Bertz CT molecular complexity index is 592. The highest BCUT2D eigenvalue weighted by Gasteiger charge is 2.22. The number of carbonyl (C=O) groups is 2. The third-order valence-corrected chi connectivity index (χ3v) is 3.50. The van der Waals surface area contributed by atoms with Crippen LogP contribution in [-0.2, 0) is 9.59 Å². The lowest BCUT2D eigenvalue weighted by Gasteiger charge is -2.21. The summed E-state index contributed by atoms with van der Waals surface area (Å²) in [7, 11) is 0. The van der Waals surface area contributed by atoms with E-state index in [1.807, 2.05) is 13.8 Å². The quantitative estimate of drug-likeness (QED) is 0.468. The molecule has 0 aliphatic carbocycles. The first-order chi connectivity index (χ1) is 10.9. The van der Waals surface area contributed by atoms with Crippen molar-refractivity contribution in [1.29, 1.82) is 0 Å². The molecule has 0 fully saturated rings. The summed E-state index contributed by atoms with van der Waals surface area (Å²) in [5, 5.41) is 13.3. The number of amides is 2. The summed E-state index contributed by atoms with van der Waals surface area (Å²) in [5.74, 6) is -1.51. The van der Waals surface area contributed by atoms with E-state index in [4.69, 9.17) is 11.6 Å². The highest BCUT2D eigenvalue weighted by atomic mass is 35.5. The Morgan fingerprint density at radius 3 is 2.52 bits per heavy atom. The number of nitro groups is 1. The molecule has 2 amide bonds. The number of non-ortho nitro benzene ring substituents is 1. The van der Waals surface area contributed by atoms with Crippen molar-refractivity contribution in [2.75, 3.05) is 18.4 Å². The average molecular weight is 342 g/mol. The second-order valence-electron chi connectivity index (χ2n) is 5.02. The van der Waals surface area contributed by atoms with Crippen LogP contribution in [0.4, 0.5) is 11.4 Å². The molecule has 0 aromatic heterocycles. The topological polar surface area (TPSA) is 92.6 Å². The fourth-order valence-electron chi connectivity index (χ4n) is 1.98. The number of rotatable bonds is 7. The molecule has 126 valence electrons. The molecule has 23 heavy (non-hydrogen) atoms. The number of anilines is 1. The minimum absolute atomic E-state index is 0.0474. The number of hydrogen-bond acceptors (Lipinski definition) is 4. The first-order valence-electron chi connectivity index (χ1n) is 7.44. The van der Waals surface area contributed by atoms with Crippen LogP contribution in [-0.4, -0.2) is 34.7 Å². The van der Waals surface area contributed by atoms with Crippen LogP contribution in [0.1, 0.15) is 33.1 Å². The first kappa shape index (κ1) is 18.9. The third-order valence-electron chi connectivity index (χ3n) is 3.17. The van der Waals surface area contributed by atoms with Gasteiger partial charge in [0.25, 0.3) is 5.69 Å². The average Bonchev–Trinajstić information content (AvgIpc) is 2.52. The summed E-state index contributed by atoms with van der Waals surface area (Å²) < 4.78 is 0. The van der Waals surface area contributed by atoms with Crippen LogP contribution >= 0.6 is 11.6 Å². The second-order valence-corrected chi connectivity index (χ2v) is 5.43. The Kier molecular flexibility index (Phi) is 7.47. The van der Waals surface area contributed by atoms with Crippen molar-refractivity contribution in [2.45, 2.75) is 33.1 Å². The number of carbonyl (C=O) groups excluding carboxylic acids is 2. The molecule has 0 atom stereocenters. The highest BCUT2D eigenvalue weighted by molar-refractivity contribution is 6.41. The van der Waals surface area contributed by atoms with Gasteiger partial charge < -0.3 is 10.2 Å². The number of hydrogen-bond donors (Lipinski definition) is 1. The number of unbranched alkanes of at least 4 members (excludes halogenated alkanes) is 1. The molecule has 1 N–H and O–H groups in total. The lowest BCUT2D eigenvalue weighted by Crippen LogP contribution is -2.40. The summed E-state index contributed by atoms with van der Waals surface area (Å²) in [6.45, 7) is 4.90. The third kappa shape index (κ3) is 5.52. The van der Waals surface area contributed by atoms with Crippen LogP contribution in [0.2, 0.25) is 5.02 Å². The molecule has 8 heteroatoms. The van der Waals surface area contributed by atoms with E-state index in [1.165, 1.54) is 17.0 Å². The Morgan fingerprint density at radius 1 is 1.26 bits per heavy atom. The lowest BCUT2D eigenvalue weighted by molar-refractivity contribution is -0.384. The molecule has 0 saturated carbocycles. The SMILES string of the molecule is CCCCN(CCC)C(=O)C(=O)Nc1cc([N+](=O)[O-])ccc1Cl. The van der Waals surface area contributed by atoms with E-state index in [-0.39, 0.29) is 16.4 Å². The zero-order chi connectivity index (χ0) is 17.4. The van der Waals surface area contributed by atoms with Gasteiger partial charge in [-0.1, -0.05) is 31.9 Å². The predicted molar refractivity (Wildman–Crippen MR) is 88.5 cm³/mol. The van der Waals surface area contributed by atoms with Gasteiger partial charge in [0, 0.05) is 25.2 Å². The number of nitro benzene ring substituents is 1. The molecular weight excluding hydrogens is 322 g/mol. The van der Waals surface area contributed by atoms with Gasteiger partial charge in [0.2, 0.25) is 0 Å². The standard InChI is InChI=1S/C15H20ClN3O4/c1-3-5-9-18(8-4-2)15(21)14(20)17-13-10-11(19(22)23)6-7-12(13)16/h6-7,10H,3-5,8-9H2,1-2H3,(H,17,20). The second kappa shape index (κ2) is 9.09. The molecule has 0 radical (unpaired) electrons. The van der Waals surface area contributed by atoms with Gasteiger partial charge in [0.15, 0.2) is 0 Å². The molecule has 0 aliphatic rings. The van der Waals surface area contributed by atoms with Crippen LogP contribution < -0.4 is 5.32 Å². The molecule has 0 saturated heterocycles. The van der Waals surface area contributed by atoms with Crippen molar-refractivity contribution in [3.63, 3.8) is 0 Å². The van der Waals surface area contributed by atoms with Gasteiger partial charge in [-0.2, -0.15) is 0 Å². The summed E-state index contributed by atoms with van der Waals surface area (Å²) in [6, 6.07) is 3.66. The van der Waals surface area contributed by atoms with E-state index < -0.39 is 16.7 Å². The molecule has 1 rings (SSSR count). The monoisotopic (exact) mass is 341 g/mol. The molecule has 7 nitrogen and oxygen atoms in total. The number of halogens is 1. The molecule has 0 aliphatic heterocycles. The number of benzene rings is 1. The van der Waals surface area contributed by atoms with E-state index in [0.717, 1.165) is 25.3 Å². The van der Waals surface area contributed by atoms with Crippen LogP contribution in [0.5, 0.6) is 0 Å². The van der Waals surface area contributed by atoms with Crippen molar-refractivity contribution in [2.24, 2.45) is 0 Å². The van der Waals surface area contributed by atoms with Crippen LogP contribution in [0.3, 0.4) is 0 Å². The zero-order valence-corrected chi connectivity index (χ0v) is 13.9. The van der Waals surface area contributed by atoms with Gasteiger partial charge >= 0.3 is 11.8 Å². The van der Waals surface area contributed by atoms with E-state index in [1.54, 1.807) is 0 Å². The summed E-state index contributed by atoms with van der Waals surface area (Å²) >= 11 is 5.91. The molecule has 0 heterocycles. The Morgan fingerprint density at radius 2 is 1.96 bits per heavy atom. The molecule has 0 bridgehead atoms.